The van der Waals surface area contributed by atoms with Crippen molar-refractivity contribution >= 4 is 11.4 Å². The van der Waals surface area contributed by atoms with Gasteiger partial charge in [-0.3, -0.25) is 20.0 Å². The molecule has 2 aliphatic rings. The maximum atomic E-state index is 11.8. The van der Waals surface area contributed by atoms with Crippen molar-refractivity contribution in [1.29, 1.82) is 0 Å². The molecule has 0 spiro atoms. The molecule has 1 aromatic heterocycles. The second kappa shape index (κ2) is 4.16. The highest BCUT2D eigenvalue weighted by atomic mass is 16.9. The van der Waals surface area contributed by atoms with Gasteiger partial charge in [-0.15, -0.1) is 0 Å². The van der Waals surface area contributed by atoms with Gasteiger partial charge in [0.1, 0.15) is 5.92 Å². The first-order valence-corrected chi connectivity index (χ1v) is 5.52. The van der Waals surface area contributed by atoms with Crippen LogP contribution in [0, 0.1) is 20.5 Å². The fraction of sp³-hybridized carbons (Fsp3) is 0.444. The number of hydrogen-bond acceptors (Lipinski definition) is 8. The molecule has 3 rings (SSSR count). The minimum Gasteiger partial charge on any atom is -0.372 e. The summed E-state index contributed by atoms with van der Waals surface area (Å²) < 4.78 is 9.32. The van der Waals surface area contributed by atoms with Crippen molar-refractivity contribution in [3.8, 4) is 0 Å². The summed E-state index contributed by atoms with van der Waals surface area (Å²) in [5.41, 5.74) is -0.848. The maximum absolute atomic E-state index is 11.8. The van der Waals surface area contributed by atoms with Gasteiger partial charge in [0.05, 0.1) is 16.2 Å². The second-order valence-electron chi connectivity index (χ2n) is 4.19. The average molecular weight is 284 g/mol. The molecule has 0 N–H and O–H groups in total. The lowest BCUT2D eigenvalue weighted by atomic mass is 9.87. The molecule has 0 amide bonds. The van der Waals surface area contributed by atoms with Crippen LogP contribution in [-0.2, 0) is 9.57 Å². The van der Waals surface area contributed by atoms with E-state index in [1.807, 2.05) is 0 Å². The number of nitrogens with zero attached hydrogens (tertiary/aromatic N) is 4. The van der Waals surface area contributed by atoms with Crippen LogP contribution in [0.3, 0.4) is 0 Å². The van der Waals surface area contributed by atoms with Crippen molar-refractivity contribution in [2.45, 2.75) is 18.6 Å². The Bertz CT molecular complexity index is 649. The van der Waals surface area contributed by atoms with Crippen molar-refractivity contribution in [1.82, 2.24) is 5.16 Å². The van der Waals surface area contributed by atoms with Gasteiger partial charge in [-0.1, -0.05) is 0 Å². The van der Waals surface area contributed by atoms with E-state index in [1.165, 1.54) is 7.11 Å². The van der Waals surface area contributed by atoms with Crippen LogP contribution in [0.2, 0.25) is 0 Å². The zero-order chi connectivity index (χ0) is 14.4. The van der Waals surface area contributed by atoms with Gasteiger partial charge in [-0.25, -0.2) is 0 Å². The number of rotatable bonds is 2. The zero-order valence-corrected chi connectivity index (χ0v) is 10.1. The van der Waals surface area contributed by atoms with Gasteiger partial charge in [0.2, 0.25) is 5.69 Å². The van der Waals surface area contributed by atoms with E-state index in [-0.39, 0.29) is 33.3 Å². The van der Waals surface area contributed by atoms with Gasteiger partial charge in [0.25, 0.3) is 5.71 Å². The highest BCUT2D eigenvalue weighted by molar-refractivity contribution is 6.03. The molecule has 0 saturated heterocycles. The highest BCUT2D eigenvalue weighted by Gasteiger charge is 2.49. The lowest BCUT2D eigenvalue weighted by Crippen LogP contribution is -2.43. The van der Waals surface area contributed by atoms with Crippen molar-refractivity contribution in [3.63, 3.8) is 0 Å². The third-order valence-electron chi connectivity index (χ3n) is 3.17. The molecule has 0 fully saturated rings. The van der Waals surface area contributed by atoms with Crippen LogP contribution < -0.4 is 4.90 Å². The molecule has 0 saturated carbocycles. The fourth-order valence-corrected chi connectivity index (χ4v) is 2.27. The monoisotopic (exact) mass is 284 g/mol. The Labute approximate surface area is 110 Å². The molecule has 2 unspecified atom stereocenters. The van der Waals surface area contributed by atoms with Crippen LogP contribution in [0.15, 0.2) is 10.7 Å². The van der Waals surface area contributed by atoms with Crippen LogP contribution in [0.1, 0.15) is 23.7 Å². The van der Waals surface area contributed by atoms with Gasteiger partial charge in [0, 0.05) is 18.4 Å². The summed E-state index contributed by atoms with van der Waals surface area (Å²) in [5, 5.41) is 37.7. The Hall–Kier alpha value is -2.69. The Morgan fingerprint density at radius 1 is 1.55 bits per heavy atom. The van der Waals surface area contributed by atoms with Crippen molar-refractivity contribution in [2.75, 3.05) is 7.11 Å². The van der Waals surface area contributed by atoms with E-state index in [4.69, 9.17) is 9.57 Å². The van der Waals surface area contributed by atoms with Gasteiger partial charge < -0.3 is 14.8 Å². The molecule has 2 heterocycles. The first-order valence-electron chi connectivity index (χ1n) is 5.52. The number of fused-ring (bicyclic) bond motifs is 3. The smallest absolute Gasteiger partial charge is 0.333 e. The van der Waals surface area contributed by atoms with Crippen LogP contribution in [0.5, 0.6) is 0 Å². The molecule has 20 heavy (non-hydrogen) atoms. The molecule has 0 bridgehead atoms. The molecule has 2 atom stereocenters. The van der Waals surface area contributed by atoms with Crippen molar-refractivity contribution in [3.05, 3.63) is 38.0 Å². The number of hydrogen-bond donors (Lipinski definition) is 0. The molecular formula is C9H8N4O7. The molecule has 0 radical (unpaired) electrons. The van der Waals surface area contributed by atoms with Crippen LogP contribution in [0.4, 0.5) is 0 Å². The number of nitro groups is 1. The van der Waals surface area contributed by atoms with Gasteiger partial charge in [-0.2, -0.15) is 0 Å². The Morgan fingerprint density at radius 2 is 2.30 bits per heavy atom. The normalized spacial score (nSPS) is 24.6. The maximum Gasteiger partial charge on any atom is 0.333 e. The van der Waals surface area contributed by atoms with E-state index in [1.54, 1.807) is 0 Å². The first-order chi connectivity index (χ1) is 9.52. The minimum atomic E-state index is -0.866. The highest BCUT2D eigenvalue weighted by Crippen LogP contribution is 2.35. The molecule has 1 aromatic rings. The van der Waals surface area contributed by atoms with Gasteiger partial charge >= 0.3 is 11.4 Å². The quantitative estimate of drug-likeness (QED) is 0.393. The SMILES string of the molecule is COC1CC2C(=[N+]([O-])O1)C=C([N+](=O)[O-])c1no[n+]([O-])c12. The summed E-state index contributed by atoms with van der Waals surface area (Å²) in [7, 11) is 1.34. The zero-order valence-electron chi connectivity index (χ0n) is 10.1. The fourth-order valence-electron chi connectivity index (χ4n) is 2.27. The number of aromatic nitrogens is 2. The van der Waals surface area contributed by atoms with E-state index in [9.17, 15) is 20.5 Å². The summed E-state index contributed by atoms with van der Waals surface area (Å²) in [6.45, 7) is 0. The molecule has 1 aliphatic carbocycles. The lowest BCUT2D eigenvalue weighted by molar-refractivity contribution is -0.810. The van der Waals surface area contributed by atoms with Gasteiger partial charge in [-0.05, 0) is 4.90 Å². The first kappa shape index (κ1) is 12.3. The van der Waals surface area contributed by atoms with E-state index >= 15 is 0 Å². The third kappa shape index (κ3) is 1.60. The molecule has 0 aromatic carbocycles. The van der Waals surface area contributed by atoms with E-state index < -0.39 is 22.8 Å². The van der Waals surface area contributed by atoms with Crippen molar-refractivity contribution < 1.29 is 28.9 Å². The topological polar surface area (TPSA) is 141 Å². The molecule has 11 heteroatoms. The minimum absolute atomic E-state index is 0.0579. The van der Waals surface area contributed by atoms with Crippen LogP contribution in [-0.4, -0.2) is 34.1 Å². The van der Waals surface area contributed by atoms with E-state index in [2.05, 4.69) is 9.79 Å². The second-order valence-corrected chi connectivity index (χ2v) is 4.19. The predicted molar refractivity (Wildman–Crippen MR) is 58.3 cm³/mol. The van der Waals surface area contributed by atoms with Gasteiger partial charge in [0.15, 0.2) is 6.29 Å². The van der Waals surface area contributed by atoms with E-state index in [0.29, 0.717) is 0 Å². The summed E-state index contributed by atoms with van der Waals surface area (Å²) in [6, 6.07) is 0. The number of ether oxygens (including phenoxy) is 1. The standard InChI is InChI=1S/C9H8N4O7/c1-18-7-2-4-5(12(16)19-7)3-6(11(14)15)8-9(4)13(17)20-10-8/h3-4,7H,2H2,1H3. The Morgan fingerprint density at radius 3 is 2.95 bits per heavy atom. The summed E-state index contributed by atoms with van der Waals surface area (Å²) in [4.78, 5) is 15.2. The molecule has 1 aliphatic heterocycles. The predicted octanol–water partition coefficient (Wildman–Crippen LogP) is -0.718. The largest absolute Gasteiger partial charge is 0.372 e. The Balaban J connectivity index is 2.20. The molecule has 11 nitrogen and oxygen atoms in total. The summed E-state index contributed by atoms with van der Waals surface area (Å²) >= 11 is 0. The Kier molecular flexibility index (Phi) is 2.57. The summed E-state index contributed by atoms with van der Waals surface area (Å²) in [6.07, 6.45) is 0.297. The lowest BCUT2D eigenvalue weighted by Gasteiger charge is -2.27. The van der Waals surface area contributed by atoms with Crippen LogP contribution >= 0.6 is 0 Å². The number of allylic oxidation sites excluding steroid dienone is 1. The number of methoxy groups -OCH3 is 1. The third-order valence-corrected chi connectivity index (χ3v) is 3.17. The van der Waals surface area contributed by atoms with Crippen molar-refractivity contribution in [2.24, 2.45) is 0 Å². The molecule has 106 valence electrons. The average Bonchev–Trinajstić information content (AvgIpc) is 2.80. The van der Waals surface area contributed by atoms with Crippen LogP contribution in [0.25, 0.3) is 5.70 Å². The summed E-state index contributed by atoms with van der Waals surface area (Å²) in [5.74, 6) is -0.742. The van der Waals surface area contributed by atoms with E-state index in [0.717, 1.165) is 6.08 Å². The molecular weight excluding hydrogens is 276 g/mol.